The number of hydrogen-bond donors (Lipinski definition) is 2. The van der Waals surface area contributed by atoms with Crippen molar-refractivity contribution in [3.8, 4) is 11.5 Å². The van der Waals surface area contributed by atoms with Crippen LogP contribution < -0.4 is 0 Å². The average Bonchev–Trinajstić information content (AvgIpc) is 2.40. The van der Waals surface area contributed by atoms with Crippen LogP contribution in [-0.4, -0.2) is 18.6 Å². The molecular formula is C12H6F4O4S. The first-order valence-electron chi connectivity index (χ1n) is 5.25. The summed E-state index contributed by atoms with van der Waals surface area (Å²) in [7, 11) is -4.64. The van der Waals surface area contributed by atoms with Gasteiger partial charge in [0, 0.05) is 0 Å². The number of hydrogen-bond acceptors (Lipinski definition) is 4. The van der Waals surface area contributed by atoms with E-state index in [4.69, 9.17) is 10.2 Å². The van der Waals surface area contributed by atoms with Crippen LogP contribution in [0.2, 0.25) is 0 Å². The van der Waals surface area contributed by atoms with Crippen LogP contribution in [0, 0.1) is 23.3 Å². The summed E-state index contributed by atoms with van der Waals surface area (Å²) in [5.74, 6) is -8.95. The van der Waals surface area contributed by atoms with Crippen LogP contribution in [0.15, 0.2) is 34.1 Å². The lowest BCUT2D eigenvalue weighted by Gasteiger charge is -2.07. The van der Waals surface area contributed by atoms with Crippen LogP contribution in [0.3, 0.4) is 0 Å². The number of phenols is 2. The smallest absolute Gasteiger partial charge is 0.207 e. The van der Waals surface area contributed by atoms with Gasteiger partial charge in [0.2, 0.25) is 9.84 Å². The van der Waals surface area contributed by atoms with E-state index in [1.807, 2.05) is 0 Å². The largest absolute Gasteiger partial charge is 0.503 e. The van der Waals surface area contributed by atoms with Crippen molar-refractivity contribution in [2.75, 3.05) is 0 Å². The molecular weight excluding hydrogens is 316 g/mol. The second kappa shape index (κ2) is 4.92. The van der Waals surface area contributed by atoms with E-state index in [0.29, 0.717) is 24.3 Å². The SMILES string of the molecule is O=S(=O)(c1cc(F)c(O)c(F)c1)c1cc(F)c(O)c(F)c1. The summed E-state index contributed by atoms with van der Waals surface area (Å²) >= 11 is 0. The van der Waals surface area contributed by atoms with Crippen molar-refractivity contribution < 1.29 is 36.2 Å². The molecule has 0 aliphatic rings. The molecule has 0 aliphatic heterocycles. The molecule has 112 valence electrons. The van der Waals surface area contributed by atoms with E-state index in [1.54, 1.807) is 0 Å². The molecule has 9 heteroatoms. The molecule has 0 bridgehead atoms. The standard InChI is InChI=1S/C12H6F4O4S/c13-7-1-5(2-8(14)11(7)17)21(19,20)6-3-9(15)12(18)10(16)4-6/h1-4,17-18H. The van der Waals surface area contributed by atoms with Gasteiger partial charge >= 0.3 is 0 Å². The molecule has 4 nitrogen and oxygen atoms in total. The molecule has 0 spiro atoms. The summed E-state index contributed by atoms with van der Waals surface area (Å²) in [6.45, 7) is 0. The van der Waals surface area contributed by atoms with E-state index < -0.39 is 54.4 Å². The minimum atomic E-state index is -4.64. The Bertz CT molecular complexity index is 724. The molecule has 0 unspecified atom stereocenters. The molecule has 0 amide bonds. The van der Waals surface area contributed by atoms with Crippen LogP contribution >= 0.6 is 0 Å². The lowest BCUT2D eigenvalue weighted by Crippen LogP contribution is -2.05. The van der Waals surface area contributed by atoms with Gasteiger partial charge in [0.1, 0.15) is 0 Å². The van der Waals surface area contributed by atoms with Gasteiger partial charge in [0.05, 0.1) is 9.79 Å². The number of aromatic hydroxyl groups is 2. The van der Waals surface area contributed by atoms with Gasteiger partial charge in [-0.25, -0.2) is 26.0 Å². The normalized spacial score (nSPS) is 11.6. The van der Waals surface area contributed by atoms with Crippen molar-refractivity contribution in [1.29, 1.82) is 0 Å². The predicted molar refractivity (Wildman–Crippen MR) is 61.5 cm³/mol. The number of sulfone groups is 1. The van der Waals surface area contributed by atoms with Crippen molar-refractivity contribution in [2.45, 2.75) is 9.79 Å². The quantitative estimate of drug-likeness (QED) is 0.833. The maximum Gasteiger partial charge on any atom is 0.207 e. The summed E-state index contributed by atoms with van der Waals surface area (Å²) in [5.41, 5.74) is 0. The topological polar surface area (TPSA) is 74.6 Å². The average molecular weight is 322 g/mol. The van der Waals surface area contributed by atoms with Gasteiger partial charge in [-0.3, -0.25) is 0 Å². The van der Waals surface area contributed by atoms with Gasteiger partial charge in [-0.15, -0.1) is 0 Å². The third-order valence-corrected chi connectivity index (χ3v) is 4.31. The molecule has 0 aromatic heterocycles. The Kier molecular flexibility index (Phi) is 3.54. The van der Waals surface area contributed by atoms with E-state index in [0.717, 1.165) is 0 Å². The molecule has 2 N–H and O–H groups in total. The third-order valence-electron chi connectivity index (χ3n) is 2.60. The van der Waals surface area contributed by atoms with Crippen molar-refractivity contribution >= 4 is 9.84 Å². The molecule has 2 rings (SSSR count). The molecule has 0 saturated carbocycles. The maximum atomic E-state index is 13.2. The van der Waals surface area contributed by atoms with Crippen LogP contribution in [-0.2, 0) is 9.84 Å². The number of phenolic OH excluding ortho intramolecular Hbond substituents is 2. The lowest BCUT2D eigenvalue weighted by atomic mass is 10.3. The van der Waals surface area contributed by atoms with Crippen LogP contribution in [0.1, 0.15) is 0 Å². The Morgan fingerprint density at radius 2 is 0.905 bits per heavy atom. The Morgan fingerprint density at radius 1 is 0.667 bits per heavy atom. The van der Waals surface area contributed by atoms with Gasteiger partial charge in [0.25, 0.3) is 0 Å². The molecule has 0 saturated heterocycles. The van der Waals surface area contributed by atoms with Gasteiger partial charge in [-0.05, 0) is 24.3 Å². The predicted octanol–water partition coefficient (Wildman–Crippen LogP) is 2.49. The Morgan fingerprint density at radius 3 is 1.14 bits per heavy atom. The molecule has 0 radical (unpaired) electrons. The van der Waals surface area contributed by atoms with Gasteiger partial charge in [-0.1, -0.05) is 0 Å². The highest BCUT2D eigenvalue weighted by molar-refractivity contribution is 7.91. The third kappa shape index (κ3) is 2.51. The van der Waals surface area contributed by atoms with Crippen molar-refractivity contribution in [1.82, 2.24) is 0 Å². The number of halogens is 4. The fourth-order valence-corrected chi connectivity index (χ4v) is 2.84. The van der Waals surface area contributed by atoms with Gasteiger partial charge in [0.15, 0.2) is 34.8 Å². The minimum absolute atomic E-state index is 0.302. The van der Waals surface area contributed by atoms with E-state index >= 15 is 0 Å². The summed E-state index contributed by atoms with van der Waals surface area (Å²) in [6.07, 6.45) is 0. The second-order valence-electron chi connectivity index (χ2n) is 3.97. The van der Waals surface area contributed by atoms with Crippen molar-refractivity contribution in [3.05, 3.63) is 47.5 Å². The molecule has 2 aromatic rings. The molecule has 0 fully saturated rings. The molecule has 21 heavy (non-hydrogen) atoms. The summed E-state index contributed by atoms with van der Waals surface area (Å²) < 4.78 is 76.7. The van der Waals surface area contributed by atoms with E-state index in [9.17, 15) is 26.0 Å². The van der Waals surface area contributed by atoms with Crippen molar-refractivity contribution in [2.24, 2.45) is 0 Å². The first-order chi connectivity index (χ1) is 9.64. The zero-order chi connectivity index (χ0) is 15.9. The van der Waals surface area contributed by atoms with Crippen LogP contribution in [0.25, 0.3) is 0 Å². The molecule has 0 atom stereocenters. The Labute approximate surface area is 115 Å². The van der Waals surface area contributed by atoms with Gasteiger partial charge in [-0.2, -0.15) is 0 Å². The second-order valence-corrected chi connectivity index (χ2v) is 5.92. The highest BCUT2D eigenvalue weighted by Gasteiger charge is 2.24. The summed E-state index contributed by atoms with van der Waals surface area (Å²) in [6, 6.07) is 1.21. The van der Waals surface area contributed by atoms with E-state index in [2.05, 4.69) is 0 Å². The summed E-state index contributed by atoms with van der Waals surface area (Å²) in [4.78, 5) is -1.89. The van der Waals surface area contributed by atoms with E-state index in [-0.39, 0.29) is 0 Å². The van der Waals surface area contributed by atoms with Gasteiger partial charge < -0.3 is 10.2 Å². The first-order valence-corrected chi connectivity index (χ1v) is 6.74. The first kappa shape index (κ1) is 15.1. The van der Waals surface area contributed by atoms with E-state index in [1.165, 1.54) is 0 Å². The van der Waals surface area contributed by atoms with Crippen LogP contribution in [0.4, 0.5) is 17.6 Å². The maximum absolute atomic E-state index is 13.2. The fraction of sp³-hybridized carbons (Fsp3) is 0. The van der Waals surface area contributed by atoms with Crippen molar-refractivity contribution in [3.63, 3.8) is 0 Å². The van der Waals surface area contributed by atoms with Crippen LogP contribution in [0.5, 0.6) is 11.5 Å². The minimum Gasteiger partial charge on any atom is -0.503 e. The highest BCUT2D eigenvalue weighted by atomic mass is 32.2. The summed E-state index contributed by atoms with van der Waals surface area (Å²) in [5, 5.41) is 17.8. The lowest BCUT2D eigenvalue weighted by molar-refractivity contribution is 0.393. The highest BCUT2D eigenvalue weighted by Crippen LogP contribution is 2.30. The molecule has 0 aliphatic carbocycles. The number of benzene rings is 2. The Hall–Kier alpha value is -2.29. The number of rotatable bonds is 2. The monoisotopic (exact) mass is 322 g/mol. The molecule has 0 heterocycles. The fourth-order valence-electron chi connectivity index (χ4n) is 1.53. The Balaban J connectivity index is 2.68. The zero-order valence-electron chi connectivity index (χ0n) is 9.94. The molecule has 2 aromatic carbocycles. The zero-order valence-corrected chi connectivity index (χ0v) is 10.8.